The summed E-state index contributed by atoms with van der Waals surface area (Å²) in [5.41, 5.74) is 1.60. The summed E-state index contributed by atoms with van der Waals surface area (Å²) in [5.74, 6) is 0.0613. The Labute approximate surface area is 208 Å². The first-order valence-corrected chi connectivity index (χ1v) is 12.2. The molecule has 0 unspecified atom stereocenters. The average Bonchev–Trinajstić information content (AvgIpc) is 2.76. The quantitative estimate of drug-likeness (QED) is 0.345. The Morgan fingerprint density at radius 2 is 1.84 bits per heavy atom. The van der Waals surface area contributed by atoms with Gasteiger partial charge in [0, 0.05) is 33.2 Å². The van der Waals surface area contributed by atoms with Gasteiger partial charge in [-0.3, -0.25) is 9.59 Å². The zero-order chi connectivity index (χ0) is 23.7. The molecule has 0 spiro atoms. The predicted molar refractivity (Wildman–Crippen MR) is 133 cm³/mol. The van der Waals surface area contributed by atoms with Crippen molar-refractivity contribution in [1.82, 2.24) is 10.2 Å². The molecule has 2 aromatic carbocycles. The molecule has 0 aliphatic heterocycles. The van der Waals surface area contributed by atoms with Crippen molar-refractivity contribution >= 4 is 50.9 Å². The van der Waals surface area contributed by atoms with Gasteiger partial charge in [0.1, 0.15) is 11.8 Å². The molecule has 0 aliphatic carbocycles. The second-order valence-electron chi connectivity index (χ2n) is 7.49. The van der Waals surface area contributed by atoms with Gasteiger partial charge in [0.15, 0.2) is 6.61 Å². The number of ether oxygens (including phenoxy) is 1. The van der Waals surface area contributed by atoms with Crippen LogP contribution in [-0.2, 0) is 16.1 Å². The molecule has 0 heterocycles. The number of carbonyl (C=O) groups is 2. The Hall–Kier alpha value is -1.76. The lowest BCUT2D eigenvalue weighted by atomic mass is 10.1. The smallest absolute Gasteiger partial charge is 0.261 e. The van der Waals surface area contributed by atoms with Crippen LogP contribution in [0.15, 0.2) is 40.9 Å². The fraction of sp³-hybridized carbons (Fsp3) is 0.417. The fourth-order valence-electron chi connectivity index (χ4n) is 3.21. The number of amides is 2. The normalized spacial score (nSPS) is 11.7. The van der Waals surface area contributed by atoms with Crippen LogP contribution in [-0.4, -0.2) is 35.9 Å². The molecule has 174 valence electrons. The van der Waals surface area contributed by atoms with Crippen LogP contribution in [0.2, 0.25) is 10.0 Å². The molecular formula is C24H29BrCl2N2O3. The zero-order valence-electron chi connectivity index (χ0n) is 18.6. The minimum atomic E-state index is -0.665. The van der Waals surface area contributed by atoms with Gasteiger partial charge in [0.05, 0.1) is 0 Å². The Bertz CT molecular complexity index is 919. The van der Waals surface area contributed by atoms with Crippen LogP contribution >= 0.6 is 39.1 Å². The average molecular weight is 544 g/mol. The van der Waals surface area contributed by atoms with Crippen molar-refractivity contribution in [3.8, 4) is 5.75 Å². The first-order chi connectivity index (χ1) is 15.3. The Balaban J connectivity index is 2.25. The van der Waals surface area contributed by atoms with E-state index in [1.165, 1.54) is 4.90 Å². The molecule has 0 aromatic heterocycles. The number of rotatable bonds is 11. The highest BCUT2D eigenvalue weighted by atomic mass is 79.9. The van der Waals surface area contributed by atoms with Crippen LogP contribution in [0.4, 0.5) is 0 Å². The number of hydrogen-bond acceptors (Lipinski definition) is 3. The molecule has 0 radical (unpaired) electrons. The maximum absolute atomic E-state index is 13.3. The Morgan fingerprint density at radius 3 is 2.44 bits per heavy atom. The molecule has 1 atom stereocenters. The van der Waals surface area contributed by atoms with Crippen molar-refractivity contribution in [3.05, 3.63) is 62.0 Å². The summed E-state index contributed by atoms with van der Waals surface area (Å²) in [7, 11) is 0. The monoisotopic (exact) mass is 542 g/mol. The van der Waals surface area contributed by atoms with Gasteiger partial charge in [0.2, 0.25) is 5.91 Å². The minimum absolute atomic E-state index is 0.111. The maximum atomic E-state index is 13.3. The van der Waals surface area contributed by atoms with Crippen LogP contribution < -0.4 is 10.1 Å². The second-order valence-corrected chi connectivity index (χ2v) is 9.16. The van der Waals surface area contributed by atoms with Gasteiger partial charge in [-0.1, -0.05) is 65.5 Å². The SMILES string of the molecule is CCCCNC(=O)[C@H](CC)N(Cc1c(Cl)cccc1Cl)C(=O)COc1ccc(Br)c(C)c1. The van der Waals surface area contributed by atoms with Crippen LogP contribution in [0.5, 0.6) is 5.75 Å². The molecule has 2 rings (SSSR count). The summed E-state index contributed by atoms with van der Waals surface area (Å²) in [6.07, 6.45) is 2.29. The Kier molecular flexibility index (Phi) is 10.8. The molecule has 0 aliphatic rings. The number of unbranched alkanes of at least 4 members (excludes halogenated alkanes) is 1. The fourth-order valence-corrected chi connectivity index (χ4v) is 3.98. The predicted octanol–water partition coefficient (Wildman–Crippen LogP) is 6.17. The second kappa shape index (κ2) is 13.1. The highest BCUT2D eigenvalue weighted by Gasteiger charge is 2.30. The van der Waals surface area contributed by atoms with E-state index in [9.17, 15) is 9.59 Å². The van der Waals surface area contributed by atoms with Gasteiger partial charge < -0.3 is 15.0 Å². The van der Waals surface area contributed by atoms with Crippen LogP contribution in [0.1, 0.15) is 44.2 Å². The number of nitrogens with zero attached hydrogens (tertiary/aromatic N) is 1. The zero-order valence-corrected chi connectivity index (χ0v) is 21.7. The van der Waals surface area contributed by atoms with Crippen LogP contribution in [0.25, 0.3) is 0 Å². The van der Waals surface area contributed by atoms with Gasteiger partial charge in [0.25, 0.3) is 5.91 Å². The molecule has 0 fully saturated rings. The van der Waals surface area contributed by atoms with Crippen LogP contribution in [0, 0.1) is 6.92 Å². The minimum Gasteiger partial charge on any atom is -0.484 e. The third-order valence-corrected chi connectivity index (χ3v) is 6.70. The summed E-state index contributed by atoms with van der Waals surface area (Å²) in [6.45, 7) is 6.34. The molecule has 0 saturated heterocycles. The lowest BCUT2D eigenvalue weighted by molar-refractivity contribution is -0.143. The lowest BCUT2D eigenvalue weighted by Gasteiger charge is -2.31. The number of nitrogens with one attached hydrogen (secondary N) is 1. The summed E-state index contributed by atoms with van der Waals surface area (Å²) < 4.78 is 6.71. The molecule has 2 aromatic rings. The first-order valence-electron chi connectivity index (χ1n) is 10.7. The van der Waals surface area contributed by atoms with Crippen molar-refractivity contribution in [3.63, 3.8) is 0 Å². The first kappa shape index (κ1) is 26.5. The van der Waals surface area contributed by atoms with Crippen molar-refractivity contribution in [2.75, 3.05) is 13.2 Å². The van der Waals surface area contributed by atoms with Gasteiger partial charge in [-0.2, -0.15) is 0 Å². The molecule has 2 amide bonds. The van der Waals surface area contributed by atoms with E-state index < -0.39 is 6.04 Å². The van der Waals surface area contributed by atoms with E-state index in [4.69, 9.17) is 27.9 Å². The molecule has 0 saturated carbocycles. The van der Waals surface area contributed by atoms with E-state index in [0.717, 1.165) is 22.9 Å². The summed E-state index contributed by atoms with van der Waals surface area (Å²) >= 11 is 16.2. The topological polar surface area (TPSA) is 58.6 Å². The third kappa shape index (κ3) is 7.39. The molecular weight excluding hydrogens is 515 g/mol. The van der Waals surface area contributed by atoms with Gasteiger partial charge in [-0.25, -0.2) is 0 Å². The standard InChI is InChI=1S/C24H29BrCl2N2O3/c1-4-6-12-28-24(31)22(5-2)29(14-18-20(26)8-7-9-21(18)27)23(30)15-32-17-10-11-19(25)16(3)13-17/h7-11,13,22H,4-6,12,14-15H2,1-3H3,(H,28,31)/t22-/m0/s1. The van der Waals surface area contributed by atoms with Crippen molar-refractivity contribution in [2.45, 2.75) is 52.6 Å². The van der Waals surface area contributed by atoms with E-state index in [-0.39, 0.29) is 25.0 Å². The number of aryl methyl sites for hydroxylation is 1. The summed E-state index contributed by atoms with van der Waals surface area (Å²) in [4.78, 5) is 27.7. The van der Waals surface area contributed by atoms with Gasteiger partial charge in [-0.15, -0.1) is 0 Å². The highest BCUT2D eigenvalue weighted by Crippen LogP contribution is 2.27. The third-order valence-electron chi connectivity index (χ3n) is 5.10. The van der Waals surface area contributed by atoms with Crippen LogP contribution in [0.3, 0.4) is 0 Å². The number of carbonyl (C=O) groups excluding carboxylic acids is 2. The van der Waals surface area contributed by atoms with Crippen molar-refractivity contribution in [1.29, 1.82) is 0 Å². The van der Waals surface area contributed by atoms with Crippen molar-refractivity contribution in [2.24, 2.45) is 0 Å². The molecule has 0 bridgehead atoms. The van der Waals surface area contributed by atoms with E-state index in [2.05, 4.69) is 28.2 Å². The maximum Gasteiger partial charge on any atom is 0.261 e. The molecule has 32 heavy (non-hydrogen) atoms. The molecule has 1 N–H and O–H groups in total. The van der Waals surface area contributed by atoms with E-state index in [1.54, 1.807) is 24.3 Å². The lowest BCUT2D eigenvalue weighted by Crippen LogP contribution is -2.50. The van der Waals surface area contributed by atoms with Crippen molar-refractivity contribution < 1.29 is 14.3 Å². The molecule has 5 nitrogen and oxygen atoms in total. The van der Waals surface area contributed by atoms with Gasteiger partial charge in [-0.05, 0) is 55.7 Å². The van der Waals surface area contributed by atoms with Gasteiger partial charge >= 0.3 is 0 Å². The summed E-state index contributed by atoms with van der Waals surface area (Å²) in [6, 6.07) is 10.0. The molecule has 8 heteroatoms. The van der Waals surface area contributed by atoms with E-state index in [1.807, 2.05) is 26.0 Å². The summed E-state index contributed by atoms with van der Waals surface area (Å²) in [5, 5.41) is 3.82. The largest absolute Gasteiger partial charge is 0.484 e. The number of hydrogen-bond donors (Lipinski definition) is 1. The number of benzene rings is 2. The van der Waals surface area contributed by atoms with E-state index in [0.29, 0.717) is 34.3 Å². The highest BCUT2D eigenvalue weighted by molar-refractivity contribution is 9.10. The van der Waals surface area contributed by atoms with E-state index >= 15 is 0 Å². The number of halogens is 3. The Morgan fingerprint density at radius 1 is 1.16 bits per heavy atom.